The largest absolute Gasteiger partial charge is 0.395 e. The molecule has 2 aromatic rings. The van der Waals surface area contributed by atoms with Crippen molar-refractivity contribution in [3.05, 3.63) is 47.3 Å². The SMILES string of the molecule is O=C(NCCO)c1cccc(-c2cccs2)c1. The molecule has 4 heteroatoms. The molecule has 0 unspecified atom stereocenters. The normalized spacial score (nSPS) is 10.2. The van der Waals surface area contributed by atoms with Crippen LogP contribution in [0.1, 0.15) is 10.4 Å². The summed E-state index contributed by atoms with van der Waals surface area (Å²) < 4.78 is 0. The van der Waals surface area contributed by atoms with Crippen molar-refractivity contribution in [1.82, 2.24) is 5.32 Å². The highest BCUT2D eigenvalue weighted by molar-refractivity contribution is 7.13. The quantitative estimate of drug-likeness (QED) is 0.869. The molecule has 1 aromatic heterocycles. The second-order valence-electron chi connectivity index (χ2n) is 3.54. The van der Waals surface area contributed by atoms with Gasteiger partial charge in [0.1, 0.15) is 0 Å². The van der Waals surface area contributed by atoms with Crippen LogP contribution in [-0.2, 0) is 0 Å². The molecule has 2 rings (SSSR count). The molecule has 2 N–H and O–H groups in total. The molecular formula is C13H13NO2S. The van der Waals surface area contributed by atoms with Gasteiger partial charge in [-0.1, -0.05) is 18.2 Å². The highest BCUT2D eigenvalue weighted by Gasteiger charge is 2.06. The van der Waals surface area contributed by atoms with Gasteiger partial charge in [-0.2, -0.15) is 0 Å². The maximum Gasteiger partial charge on any atom is 0.251 e. The highest BCUT2D eigenvalue weighted by Crippen LogP contribution is 2.25. The number of rotatable bonds is 4. The van der Waals surface area contributed by atoms with Crippen LogP contribution in [0.2, 0.25) is 0 Å². The van der Waals surface area contributed by atoms with Crippen LogP contribution in [-0.4, -0.2) is 24.2 Å². The number of nitrogens with one attached hydrogen (secondary N) is 1. The van der Waals surface area contributed by atoms with E-state index in [4.69, 9.17) is 5.11 Å². The van der Waals surface area contributed by atoms with Crippen LogP contribution in [0.4, 0.5) is 0 Å². The van der Waals surface area contributed by atoms with Crippen molar-refractivity contribution in [3.63, 3.8) is 0 Å². The summed E-state index contributed by atoms with van der Waals surface area (Å²) in [5, 5.41) is 13.3. The van der Waals surface area contributed by atoms with Gasteiger partial charge in [0.25, 0.3) is 5.91 Å². The van der Waals surface area contributed by atoms with Crippen molar-refractivity contribution >= 4 is 17.2 Å². The van der Waals surface area contributed by atoms with Crippen LogP contribution in [0.25, 0.3) is 10.4 Å². The maximum absolute atomic E-state index is 11.7. The second-order valence-corrected chi connectivity index (χ2v) is 4.49. The first-order chi connectivity index (χ1) is 8.31. The lowest BCUT2D eigenvalue weighted by atomic mass is 10.1. The van der Waals surface area contributed by atoms with Gasteiger partial charge < -0.3 is 10.4 Å². The zero-order valence-corrected chi connectivity index (χ0v) is 10.0. The molecule has 88 valence electrons. The summed E-state index contributed by atoms with van der Waals surface area (Å²) in [6, 6.07) is 11.5. The Morgan fingerprint density at radius 1 is 1.29 bits per heavy atom. The molecule has 0 saturated carbocycles. The fourth-order valence-electron chi connectivity index (χ4n) is 1.53. The van der Waals surface area contributed by atoms with E-state index in [9.17, 15) is 4.79 Å². The van der Waals surface area contributed by atoms with Gasteiger partial charge in [-0.05, 0) is 29.1 Å². The molecule has 0 spiro atoms. The van der Waals surface area contributed by atoms with Gasteiger partial charge in [-0.25, -0.2) is 0 Å². The van der Waals surface area contributed by atoms with Crippen molar-refractivity contribution in [3.8, 4) is 10.4 Å². The number of hydrogen-bond acceptors (Lipinski definition) is 3. The molecule has 0 saturated heterocycles. The Bertz CT molecular complexity index is 494. The van der Waals surface area contributed by atoms with Gasteiger partial charge in [-0.3, -0.25) is 4.79 Å². The van der Waals surface area contributed by atoms with E-state index in [0.29, 0.717) is 5.56 Å². The summed E-state index contributed by atoms with van der Waals surface area (Å²) in [6.07, 6.45) is 0. The number of aliphatic hydroxyl groups is 1. The molecule has 1 aromatic carbocycles. The number of thiophene rings is 1. The first kappa shape index (κ1) is 11.8. The van der Waals surface area contributed by atoms with Gasteiger partial charge >= 0.3 is 0 Å². The van der Waals surface area contributed by atoms with E-state index in [1.165, 1.54) is 0 Å². The Labute approximate surface area is 104 Å². The predicted octanol–water partition coefficient (Wildman–Crippen LogP) is 2.14. The van der Waals surface area contributed by atoms with Gasteiger partial charge in [0.2, 0.25) is 0 Å². The molecule has 0 fully saturated rings. The topological polar surface area (TPSA) is 49.3 Å². The molecule has 17 heavy (non-hydrogen) atoms. The third-order valence-electron chi connectivity index (χ3n) is 2.33. The Hall–Kier alpha value is -1.65. The van der Waals surface area contributed by atoms with Crippen molar-refractivity contribution in [1.29, 1.82) is 0 Å². The standard InChI is InChI=1S/C13H13NO2S/c15-7-6-14-13(16)11-4-1-3-10(9-11)12-5-2-8-17-12/h1-5,8-9,15H,6-7H2,(H,14,16). The third kappa shape index (κ3) is 2.93. The smallest absolute Gasteiger partial charge is 0.251 e. The van der Waals surface area contributed by atoms with E-state index in [-0.39, 0.29) is 19.1 Å². The Kier molecular flexibility index (Phi) is 3.90. The Balaban J connectivity index is 2.20. The lowest BCUT2D eigenvalue weighted by molar-refractivity contribution is 0.0945. The lowest BCUT2D eigenvalue weighted by Gasteiger charge is -2.04. The average molecular weight is 247 g/mol. The van der Waals surface area contributed by atoms with E-state index in [2.05, 4.69) is 5.32 Å². The minimum Gasteiger partial charge on any atom is -0.395 e. The number of amides is 1. The molecular weight excluding hydrogens is 234 g/mol. The van der Waals surface area contributed by atoms with E-state index < -0.39 is 0 Å². The summed E-state index contributed by atoms with van der Waals surface area (Å²) in [7, 11) is 0. The summed E-state index contributed by atoms with van der Waals surface area (Å²) in [4.78, 5) is 12.8. The fraction of sp³-hybridized carbons (Fsp3) is 0.154. The first-order valence-corrected chi connectivity index (χ1v) is 6.22. The zero-order chi connectivity index (χ0) is 12.1. The molecule has 0 bridgehead atoms. The minimum absolute atomic E-state index is 0.0453. The van der Waals surface area contributed by atoms with E-state index in [0.717, 1.165) is 10.4 Å². The number of aliphatic hydroxyl groups excluding tert-OH is 1. The maximum atomic E-state index is 11.7. The first-order valence-electron chi connectivity index (χ1n) is 5.34. The molecule has 1 amide bonds. The van der Waals surface area contributed by atoms with Crippen molar-refractivity contribution in [2.24, 2.45) is 0 Å². The highest BCUT2D eigenvalue weighted by atomic mass is 32.1. The van der Waals surface area contributed by atoms with Crippen LogP contribution in [0.3, 0.4) is 0 Å². The van der Waals surface area contributed by atoms with Crippen LogP contribution >= 0.6 is 11.3 Å². The van der Waals surface area contributed by atoms with Crippen LogP contribution in [0, 0.1) is 0 Å². The minimum atomic E-state index is -0.155. The summed E-state index contributed by atoms with van der Waals surface area (Å²) in [5.41, 5.74) is 1.65. The molecule has 0 aliphatic heterocycles. The van der Waals surface area contributed by atoms with E-state index >= 15 is 0 Å². The summed E-state index contributed by atoms with van der Waals surface area (Å²) in [5.74, 6) is -0.155. The molecule has 0 radical (unpaired) electrons. The number of carbonyl (C=O) groups excluding carboxylic acids is 1. The van der Waals surface area contributed by atoms with Crippen LogP contribution < -0.4 is 5.32 Å². The predicted molar refractivity (Wildman–Crippen MR) is 69.2 cm³/mol. The lowest BCUT2D eigenvalue weighted by Crippen LogP contribution is -2.26. The molecule has 3 nitrogen and oxygen atoms in total. The van der Waals surface area contributed by atoms with Crippen molar-refractivity contribution in [2.75, 3.05) is 13.2 Å². The van der Waals surface area contributed by atoms with Gasteiger partial charge in [-0.15, -0.1) is 11.3 Å². The molecule has 0 aliphatic rings. The number of hydrogen-bond donors (Lipinski definition) is 2. The van der Waals surface area contributed by atoms with Gasteiger partial charge in [0, 0.05) is 17.0 Å². The van der Waals surface area contributed by atoms with Crippen LogP contribution in [0.15, 0.2) is 41.8 Å². The Morgan fingerprint density at radius 3 is 2.88 bits per heavy atom. The third-order valence-corrected chi connectivity index (χ3v) is 3.25. The second kappa shape index (κ2) is 5.61. The molecule has 1 heterocycles. The Morgan fingerprint density at radius 2 is 2.18 bits per heavy atom. The van der Waals surface area contributed by atoms with Crippen molar-refractivity contribution < 1.29 is 9.90 Å². The van der Waals surface area contributed by atoms with E-state index in [1.54, 1.807) is 17.4 Å². The monoisotopic (exact) mass is 247 g/mol. The zero-order valence-electron chi connectivity index (χ0n) is 9.22. The summed E-state index contributed by atoms with van der Waals surface area (Å²) >= 11 is 1.64. The van der Waals surface area contributed by atoms with Gasteiger partial charge in [0.05, 0.1) is 6.61 Å². The van der Waals surface area contributed by atoms with E-state index in [1.807, 2.05) is 35.7 Å². The summed E-state index contributed by atoms with van der Waals surface area (Å²) in [6.45, 7) is 0.235. The van der Waals surface area contributed by atoms with Gasteiger partial charge in [0.15, 0.2) is 0 Å². The number of carbonyl (C=O) groups is 1. The molecule has 0 aliphatic carbocycles. The number of benzene rings is 1. The average Bonchev–Trinajstić information content (AvgIpc) is 2.90. The fourth-order valence-corrected chi connectivity index (χ4v) is 2.25. The van der Waals surface area contributed by atoms with Crippen LogP contribution in [0.5, 0.6) is 0 Å². The van der Waals surface area contributed by atoms with Crippen molar-refractivity contribution in [2.45, 2.75) is 0 Å². The molecule has 0 atom stereocenters.